The quantitative estimate of drug-likeness (QED) is 0.456. The Labute approximate surface area is 154 Å². The number of carbonyl (C=O) groups is 2. The second-order valence-corrected chi connectivity index (χ2v) is 6.79. The van der Waals surface area contributed by atoms with Crippen molar-refractivity contribution in [2.75, 3.05) is 18.4 Å². The lowest BCUT2D eigenvalue weighted by atomic mass is 10.1. The number of benzene rings is 1. The first-order valence-electron chi connectivity index (χ1n) is 7.69. The minimum absolute atomic E-state index is 0.130. The third-order valence-corrected chi connectivity index (χ3v) is 4.32. The molecule has 0 aliphatic heterocycles. The van der Waals surface area contributed by atoms with Crippen molar-refractivity contribution in [1.29, 1.82) is 0 Å². The van der Waals surface area contributed by atoms with Gasteiger partial charge in [-0.25, -0.2) is 4.98 Å². The molecule has 136 valence electrons. The Hall–Kier alpha value is -3.07. The largest absolute Gasteiger partial charge is 0.326 e. The van der Waals surface area contributed by atoms with E-state index in [9.17, 15) is 19.7 Å². The molecule has 0 spiro atoms. The molecule has 0 atom stereocenters. The molecule has 2 aromatic rings. The van der Waals surface area contributed by atoms with Crippen LogP contribution in [-0.2, 0) is 4.79 Å². The Morgan fingerprint density at radius 3 is 2.73 bits per heavy atom. The van der Waals surface area contributed by atoms with Crippen molar-refractivity contribution in [3.63, 3.8) is 0 Å². The van der Waals surface area contributed by atoms with Gasteiger partial charge in [0.1, 0.15) is 6.54 Å². The first-order chi connectivity index (χ1) is 12.3. The number of nitrogens with one attached hydrogen (secondary N) is 1. The first kappa shape index (κ1) is 19.3. The highest BCUT2D eigenvalue weighted by atomic mass is 32.1. The van der Waals surface area contributed by atoms with Crippen LogP contribution in [0.5, 0.6) is 0 Å². The minimum atomic E-state index is -0.540. The Kier molecular flexibility index (Phi) is 6.18. The van der Waals surface area contributed by atoms with Gasteiger partial charge in [0.15, 0.2) is 5.13 Å². The number of hydrogen-bond acceptors (Lipinski definition) is 6. The fraction of sp³-hybridized carbons (Fsp3) is 0.235. The number of nitro benzene ring substituents is 1. The molecular formula is C17H18N4O4S. The molecule has 0 fully saturated rings. The van der Waals surface area contributed by atoms with Crippen LogP contribution in [0.2, 0.25) is 0 Å². The molecule has 1 aromatic carbocycles. The van der Waals surface area contributed by atoms with E-state index in [1.54, 1.807) is 13.1 Å². The standard InChI is InChI=1S/C17H18N4O4S/c1-4-7-20(10-15(22)19-17-18-9-12(3)26-17)16(23)13-6-5-11(2)14(8-13)21(24)25/h4-6,8-9H,1,7,10H2,2-3H3,(H,18,19,22). The molecular weight excluding hydrogens is 356 g/mol. The highest BCUT2D eigenvalue weighted by Gasteiger charge is 2.21. The molecule has 1 aromatic heterocycles. The van der Waals surface area contributed by atoms with E-state index in [2.05, 4.69) is 16.9 Å². The first-order valence-corrected chi connectivity index (χ1v) is 8.51. The zero-order chi connectivity index (χ0) is 19.3. The summed E-state index contributed by atoms with van der Waals surface area (Å²) in [5.41, 5.74) is 0.456. The van der Waals surface area contributed by atoms with Crippen molar-refractivity contribution in [1.82, 2.24) is 9.88 Å². The number of thiazole rings is 1. The van der Waals surface area contributed by atoms with Crippen molar-refractivity contribution < 1.29 is 14.5 Å². The molecule has 0 aliphatic carbocycles. The van der Waals surface area contributed by atoms with E-state index >= 15 is 0 Å². The Balaban J connectivity index is 2.16. The molecule has 1 heterocycles. The van der Waals surface area contributed by atoms with E-state index in [0.717, 1.165) is 4.88 Å². The zero-order valence-electron chi connectivity index (χ0n) is 14.4. The molecule has 0 saturated carbocycles. The molecule has 26 heavy (non-hydrogen) atoms. The van der Waals surface area contributed by atoms with E-state index in [0.29, 0.717) is 10.7 Å². The number of aryl methyl sites for hydroxylation is 2. The number of anilines is 1. The molecule has 0 unspecified atom stereocenters. The maximum atomic E-state index is 12.7. The normalized spacial score (nSPS) is 10.2. The summed E-state index contributed by atoms with van der Waals surface area (Å²) in [7, 11) is 0. The lowest BCUT2D eigenvalue weighted by Gasteiger charge is -2.20. The molecule has 0 saturated heterocycles. The van der Waals surface area contributed by atoms with Crippen LogP contribution in [-0.4, -0.2) is 39.7 Å². The van der Waals surface area contributed by atoms with Crippen LogP contribution in [0.3, 0.4) is 0 Å². The predicted molar refractivity (Wildman–Crippen MR) is 99.4 cm³/mol. The van der Waals surface area contributed by atoms with E-state index in [-0.39, 0.29) is 24.3 Å². The average molecular weight is 374 g/mol. The van der Waals surface area contributed by atoms with Crippen molar-refractivity contribution in [3.05, 3.63) is 63.2 Å². The van der Waals surface area contributed by atoms with Gasteiger partial charge in [-0.15, -0.1) is 17.9 Å². The van der Waals surface area contributed by atoms with E-state index in [1.165, 1.54) is 40.5 Å². The Bertz CT molecular complexity index is 862. The van der Waals surface area contributed by atoms with Crippen LogP contribution >= 0.6 is 11.3 Å². The number of hydrogen-bond donors (Lipinski definition) is 1. The van der Waals surface area contributed by atoms with Gasteiger partial charge in [0, 0.05) is 34.8 Å². The molecule has 9 heteroatoms. The molecule has 1 N–H and O–H groups in total. The number of carbonyl (C=O) groups excluding carboxylic acids is 2. The van der Waals surface area contributed by atoms with Gasteiger partial charge >= 0.3 is 0 Å². The maximum Gasteiger partial charge on any atom is 0.273 e. The highest BCUT2D eigenvalue weighted by molar-refractivity contribution is 7.15. The average Bonchev–Trinajstić information content (AvgIpc) is 2.98. The number of rotatable bonds is 7. The second-order valence-electron chi connectivity index (χ2n) is 5.56. The monoisotopic (exact) mass is 374 g/mol. The van der Waals surface area contributed by atoms with Gasteiger partial charge in [-0.2, -0.15) is 0 Å². The van der Waals surface area contributed by atoms with E-state index in [1.807, 2.05) is 6.92 Å². The van der Waals surface area contributed by atoms with E-state index in [4.69, 9.17) is 0 Å². The summed E-state index contributed by atoms with van der Waals surface area (Å²) in [6, 6.07) is 4.23. The summed E-state index contributed by atoms with van der Waals surface area (Å²) in [5, 5.41) is 14.1. The van der Waals surface area contributed by atoms with Crippen LogP contribution in [0, 0.1) is 24.0 Å². The molecule has 8 nitrogen and oxygen atoms in total. The van der Waals surface area contributed by atoms with E-state index < -0.39 is 16.7 Å². The number of amides is 2. The van der Waals surface area contributed by atoms with Gasteiger partial charge in [0.05, 0.1) is 4.92 Å². The molecule has 2 amide bonds. The smallest absolute Gasteiger partial charge is 0.273 e. The number of aromatic nitrogens is 1. The SMILES string of the molecule is C=CCN(CC(=O)Nc1ncc(C)s1)C(=O)c1ccc(C)c([N+](=O)[O-])c1. The minimum Gasteiger partial charge on any atom is -0.326 e. The van der Waals surface area contributed by atoms with Gasteiger partial charge in [-0.05, 0) is 19.9 Å². The lowest BCUT2D eigenvalue weighted by molar-refractivity contribution is -0.385. The number of nitrogens with zero attached hydrogens (tertiary/aromatic N) is 3. The summed E-state index contributed by atoms with van der Waals surface area (Å²) >= 11 is 1.33. The van der Waals surface area contributed by atoms with Crippen LogP contribution in [0.4, 0.5) is 10.8 Å². The van der Waals surface area contributed by atoms with Gasteiger partial charge < -0.3 is 10.2 Å². The van der Waals surface area contributed by atoms with Crippen molar-refractivity contribution in [2.45, 2.75) is 13.8 Å². The summed E-state index contributed by atoms with van der Waals surface area (Å²) < 4.78 is 0. The lowest BCUT2D eigenvalue weighted by Crippen LogP contribution is -2.38. The third-order valence-electron chi connectivity index (χ3n) is 3.49. The van der Waals surface area contributed by atoms with Gasteiger partial charge in [-0.1, -0.05) is 12.1 Å². The van der Waals surface area contributed by atoms with Crippen molar-refractivity contribution in [2.24, 2.45) is 0 Å². The van der Waals surface area contributed by atoms with Crippen LogP contribution in [0.25, 0.3) is 0 Å². The van der Waals surface area contributed by atoms with Crippen molar-refractivity contribution >= 4 is 34.0 Å². The van der Waals surface area contributed by atoms with Crippen LogP contribution in [0.1, 0.15) is 20.8 Å². The summed E-state index contributed by atoms with van der Waals surface area (Å²) in [5.74, 6) is -0.894. The molecule has 0 bridgehead atoms. The highest BCUT2D eigenvalue weighted by Crippen LogP contribution is 2.20. The van der Waals surface area contributed by atoms with Crippen LogP contribution < -0.4 is 5.32 Å². The Morgan fingerprint density at radius 1 is 1.42 bits per heavy atom. The topological polar surface area (TPSA) is 105 Å². The van der Waals surface area contributed by atoms with Gasteiger partial charge in [0.2, 0.25) is 5.91 Å². The number of nitro groups is 1. The molecule has 2 rings (SSSR count). The van der Waals surface area contributed by atoms with Gasteiger partial charge in [0.25, 0.3) is 11.6 Å². The summed E-state index contributed by atoms with van der Waals surface area (Å²) in [6.07, 6.45) is 3.12. The maximum absolute atomic E-state index is 12.7. The second kappa shape index (κ2) is 8.34. The predicted octanol–water partition coefficient (Wildman–Crippen LogP) is 2.94. The van der Waals surface area contributed by atoms with Crippen molar-refractivity contribution in [3.8, 4) is 0 Å². The Morgan fingerprint density at radius 2 is 2.15 bits per heavy atom. The fourth-order valence-corrected chi connectivity index (χ4v) is 2.92. The fourth-order valence-electron chi connectivity index (χ4n) is 2.24. The van der Waals surface area contributed by atoms with Crippen LogP contribution in [0.15, 0.2) is 37.1 Å². The molecule has 0 radical (unpaired) electrons. The summed E-state index contributed by atoms with van der Waals surface area (Å²) in [4.78, 5) is 41.6. The zero-order valence-corrected chi connectivity index (χ0v) is 15.2. The van der Waals surface area contributed by atoms with Gasteiger partial charge in [-0.3, -0.25) is 19.7 Å². The molecule has 0 aliphatic rings. The summed E-state index contributed by atoms with van der Waals surface area (Å²) in [6.45, 7) is 6.96. The third kappa shape index (κ3) is 4.73.